The van der Waals surface area contributed by atoms with Crippen LogP contribution < -0.4 is 0 Å². The molecule has 0 saturated carbocycles. The van der Waals surface area contributed by atoms with E-state index in [9.17, 15) is 0 Å². The molecule has 0 saturated heterocycles. The van der Waals surface area contributed by atoms with Crippen LogP contribution in [0.2, 0.25) is 0 Å². The maximum Gasteiger partial charge on any atom is 0.208 e. The molecule has 0 rings (SSSR count). The fourth-order valence-electron chi connectivity index (χ4n) is 0.289. The summed E-state index contributed by atoms with van der Waals surface area (Å²) in [5, 5.41) is 0. The fourth-order valence-corrected chi connectivity index (χ4v) is 0.289. The summed E-state index contributed by atoms with van der Waals surface area (Å²) in [7, 11) is 1.63. The van der Waals surface area contributed by atoms with Gasteiger partial charge in [0.2, 0.25) is 7.11 Å². The number of carbonyl (C=O) groups excluding carboxylic acids is 1. The molecule has 0 radical (unpaired) electrons. The van der Waals surface area contributed by atoms with Crippen molar-refractivity contribution >= 4 is 6.29 Å². The molecule has 0 aromatic heterocycles. The van der Waals surface area contributed by atoms with Crippen LogP contribution in [0.25, 0.3) is 0 Å². The van der Waals surface area contributed by atoms with Crippen LogP contribution in [0.4, 0.5) is 0 Å². The van der Waals surface area contributed by atoms with Crippen molar-refractivity contribution < 1.29 is 4.42 Å². The molecule has 1 nitrogen and oxygen atoms in total. The quantitative estimate of drug-likeness (QED) is 0.363. The van der Waals surface area contributed by atoms with Crippen LogP contribution in [0.1, 0.15) is 27.2 Å². The lowest BCUT2D eigenvalue weighted by molar-refractivity contribution is 0.176. The van der Waals surface area contributed by atoms with E-state index in [1.807, 2.05) is 0 Å². The first kappa shape index (κ1) is 7.67. The van der Waals surface area contributed by atoms with Gasteiger partial charge in [-0.25, -0.2) is 0 Å². The Bertz CT molecular complexity index is 76.9. The highest BCUT2D eigenvalue weighted by Crippen LogP contribution is 2.15. The highest BCUT2D eigenvalue weighted by molar-refractivity contribution is 5.52. The lowest BCUT2D eigenvalue weighted by Gasteiger charge is -2.16. The summed E-state index contributed by atoms with van der Waals surface area (Å²) in [6.45, 7) is 6.46. The normalized spacial score (nSPS) is 13.0. The first-order chi connectivity index (χ1) is 3.56. The summed E-state index contributed by atoms with van der Waals surface area (Å²) < 4.78 is 4.67. The predicted octanol–water partition coefficient (Wildman–Crippen LogP) is 1.70. The predicted molar refractivity (Wildman–Crippen MR) is 35.7 cm³/mol. The van der Waals surface area contributed by atoms with Crippen LogP contribution in [-0.4, -0.2) is 13.4 Å². The minimum Gasteiger partial charge on any atom is -0.459 e. The largest absolute Gasteiger partial charge is 0.459 e. The minimum absolute atomic E-state index is 0.315. The number of rotatable bonds is 1. The fraction of sp³-hybridized carbons (Fsp3) is 0.857. The summed E-state index contributed by atoms with van der Waals surface area (Å²) in [4.78, 5) is 0. The van der Waals surface area contributed by atoms with Crippen LogP contribution in [-0.2, 0) is 4.42 Å². The zero-order valence-corrected chi connectivity index (χ0v) is 6.12. The Morgan fingerprint density at radius 1 is 1.38 bits per heavy atom. The second-order valence-electron chi connectivity index (χ2n) is 3.09. The monoisotopic (exact) mass is 114 g/mol. The van der Waals surface area contributed by atoms with Crippen LogP contribution in [0.5, 0.6) is 0 Å². The van der Waals surface area contributed by atoms with E-state index in [2.05, 4.69) is 31.5 Å². The van der Waals surface area contributed by atoms with E-state index in [4.69, 9.17) is 0 Å². The molecule has 0 fully saturated rings. The molecule has 0 bridgehead atoms. The van der Waals surface area contributed by atoms with Crippen molar-refractivity contribution in [3.63, 3.8) is 0 Å². The molecule has 48 valence electrons. The third-order valence-electron chi connectivity index (χ3n) is 0.747. The highest BCUT2D eigenvalue weighted by atomic mass is 16.4. The van der Waals surface area contributed by atoms with Crippen LogP contribution in [0.15, 0.2) is 0 Å². The number of hydrogen-bond donors (Lipinski definition) is 0. The molecule has 0 aromatic rings. The molecular weight excluding hydrogens is 100 g/mol. The molecule has 0 heterocycles. The molecule has 0 unspecified atom stereocenters. The van der Waals surface area contributed by atoms with Gasteiger partial charge < -0.3 is 4.42 Å². The first-order valence-electron chi connectivity index (χ1n) is 2.82. The summed E-state index contributed by atoms with van der Waals surface area (Å²) in [6, 6.07) is 0. The van der Waals surface area contributed by atoms with Gasteiger partial charge in [-0.05, 0) is 6.29 Å². The smallest absolute Gasteiger partial charge is 0.208 e. The van der Waals surface area contributed by atoms with Crippen molar-refractivity contribution in [1.29, 1.82) is 0 Å². The highest BCUT2D eigenvalue weighted by Gasteiger charge is 2.03. The van der Waals surface area contributed by atoms with E-state index >= 15 is 0 Å². The zero-order chi connectivity index (χ0) is 6.62. The van der Waals surface area contributed by atoms with Crippen LogP contribution >= 0.6 is 0 Å². The van der Waals surface area contributed by atoms with Crippen molar-refractivity contribution in [2.24, 2.45) is 5.41 Å². The lowest BCUT2D eigenvalue weighted by Crippen LogP contribution is -2.04. The van der Waals surface area contributed by atoms with Gasteiger partial charge in [-0.2, -0.15) is 0 Å². The van der Waals surface area contributed by atoms with Crippen molar-refractivity contribution in [3.05, 3.63) is 0 Å². The molecule has 1 heteroatoms. The number of hydrogen-bond acceptors (Lipinski definition) is 0. The van der Waals surface area contributed by atoms with Gasteiger partial charge in [0.15, 0.2) is 0 Å². The van der Waals surface area contributed by atoms with Gasteiger partial charge in [-0.3, -0.25) is 0 Å². The molecule has 0 aliphatic heterocycles. The van der Waals surface area contributed by atoms with E-state index in [0.29, 0.717) is 5.41 Å². The molecule has 0 atom stereocenters. The summed E-state index contributed by atoms with van der Waals surface area (Å²) in [5.41, 5.74) is 0.315. The molecule has 0 aliphatic rings. The Morgan fingerprint density at radius 2 is 1.88 bits per heavy atom. The van der Waals surface area contributed by atoms with Gasteiger partial charge in [0.1, 0.15) is 0 Å². The van der Waals surface area contributed by atoms with E-state index in [1.165, 1.54) is 0 Å². The molecule has 0 aliphatic carbocycles. The Labute approximate surface area is 51.4 Å². The maximum atomic E-state index is 4.67. The van der Waals surface area contributed by atoms with Gasteiger partial charge in [0.05, 0.1) is 0 Å². The third kappa shape index (κ3) is 5.67. The van der Waals surface area contributed by atoms with Crippen molar-refractivity contribution in [1.82, 2.24) is 0 Å². The van der Waals surface area contributed by atoms with Crippen molar-refractivity contribution in [2.45, 2.75) is 27.2 Å². The van der Waals surface area contributed by atoms with Crippen LogP contribution in [0, 0.1) is 5.41 Å². The van der Waals surface area contributed by atoms with Gasteiger partial charge in [0.25, 0.3) is 0 Å². The zero-order valence-electron chi connectivity index (χ0n) is 6.12. The third-order valence-corrected chi connectivity index (χ3v) is 0.747. The van der Waals surface area contributed by atoms with E-state index < -0.39 is 0 Å². The first-order valence-corrected chi connectivity index (χ1v) is 2.82. The standard InChI is InChI=1S/C7H14O/c1-7(2,3)5-6-8-4/h5H2,1-4H3. The molecule has 0 aromatic carbocycles. The molecule has 0 amide bonds. The van der Waals surface area contributed by atoms with Crippen molar-refractivity contribution in [3.8, 4) is 0 Å². The second kappa shape index (κ2) is 2.85. The lowest BCUT2D eigenvalue weighted by atomic mass is 9.93. The van der Waals surface area contributed by atoms with E-state index in [0.717, 1.165) is 6.42 Å². The average Bonchev–Trinajstić information content (AvgIpc) is 1.59. The maximum absolute atomic E-state index is 4.67. The summed E-state index contributed by atoms with van der Waals surface area (Å²) in [5.74, 6) is 0. The summed E-state index contributed by atoms with van der Waals surface area (Å²) in [6.07, 6.45) is 3.68. The second-order valence-corrected chi connectivity index (χ2v) is 3.09. The summed E-state index contributed by atoms with van der Waals surface area (Å²) >= 11 is 0. The van der Waals surface area contributed by atoms with Gasteiger partial charge in [-0.1, -0.05) is 32.6 Å². The topological polar surface area (TPSA) is 11.3 Å². The van der Waals surface area contributed by atoms with Gasteiger partial charge in [0, 0.05) is 0 Å². The van der Waals surface area contributed by atoms with Gasteiger partial charge in [-0.15, -0.1) is 0 Å². The molecule has 8 heavy (non-hydrogen) atoms. The molecule has 0 spiro atoms. The minimum atomic E-state index is 0.315. The Balaban J connectivity index is 3.39. The molecular formula is C7H14O. The van der Waals surface area contributed by atoms with Gasteiger partial charge >= 0.3 is 0 Å². The Hall–Kier alpha value is -0.330. The van der Waals surface area contributed by atoms with E-state index in [-0.39, 0.29) is 0 Å². The SMILES string of the molecule is C[O+]=[C-]CC(C)(C)C. The van der Waals surface area contributed by atoms with E-state index in [1.54, 1.807) is 7.11 Å². The average molecular weight is 114 g/mol. The van der Waals surface area contributed by atoms with Crippen molar-refractivity contribution in [2.75, 3.05) is 7.11 Å². The van der Waals surface area contributed by atoms with Crippen LogP contribution in [0.3, 0.4) is 0 Å². The molecule has 0 N–H and O–H groups in total. The Kier molecular flexibility index (Phi) is 2.74. The Morgan fingerprint density at radius 3 is 2.00 bits per heavy atom.